The molecule has 168 valence electrons. The molecule has 1 aliphatic carbocycles. The van der Waals surface area contributed by atoms with Gasteiger partial charge >= 0.3 is 12.1 Å². The van der Waals surface area contributed by atoms with Crippen LogP contribution < -0.4 is 0 Å². The van der Waals surface area contributed by atoms with Gasteiger partial charge in [-0.3, -0.25) is 4.79 Å². The molecule has 3 rings (SSSR count). The number of allylic oxidation sites excluding steroid dienone is 3. The Bertz CT molecular complexity index is 972. The number of oxime groups is 1. The summed E-state index contributed by atoms with van der Waals surface area (Å²) in [5, 5.41) is 3.89. The molecule has 0 saturated carbocycles. The van der Waals surface area contributed by atoms with Gasteiger partial charge in [-0.15, -0.1) is 0 Å². The second-order valence-electron chi connectivity index (χ2n) is 8.66. The monoisotopic (exact) mass is 475 g/mol. The van der Waals surface area contributed by atoms with Crippen LogP contribution in [-0.2, 0) is 20.0 Å². The minimum absolute atomic E-state index is 0.0657. The van der Waals surface area contributed by atoms with Crippen molar-refractivity contribution in [3.63, 3.8) is 0 Å². The van der Waals surface area contributed by atoms with E-state index >= 15 is 0 Å². The van der Waals surface area contributed by atoms with Crippen LogP contribution in [0.1, 0.15) is 46.1 Å². The molecule has 31 heavy (non-hydrogen) atoms. The number of benzene rings is 1. The quantitative estimate of drug-likeness (QED) is 0.453. The number of carbonyl (C=O) groups excluding carboxylic acids is 1. The molecule has 4 nitrogen and oxygen atoms in total. The summed E-state index contributed by atoms with van der Waals surface area (Å²) < 4.78 is 47.8. The van der Waals surface area contributed by atoms with E-state index < -0.39 is 29.7 Å². The van der Waals surface area contributed by atoms with Crippen LogP contribution >= 0.6 is 23.2 Å². The first-order chi connectivity index (χ1) is 14.2. The third kappa shape index (κ3) is 4.93. The largest absolute Gasteiger partial charge is 0.459 e. The lowest BCUT2D eigenvalue weighted by Gasteiger charge is -2.30. The number of ether oxygens (including phenoxy) is 1. The summed E-state index contributed by atoms with van der Waals surface area (Å²) in [6, 6.07) is 3.70. The molecule has 0 N–H and O–H groups in total. The van der Waals surface area contributed by atoms with Crippen LogP contribution in [0.4, 0.5) is 13.2 Å². The van der Waals surface area contributed by atoms with Gasteiger partial charge in [0.2, 0.25) is 0 Å². The molecule has 0 fully saturated rings. The highest BCUT2D eigenvalue weighted by Gasteiger charge is 2.62. The molecule has 2 atom stereocenters. The average Bonchev–Trinajstić information content (AvgIpc) is 3.06. The van der Waals surface area contributed by atoms with Gasteiger partial charge in [-0.25, -0.2) is 0 Å². The SMILES string of the molecule is CC1=CC(C2=NOC(c3cc(Cl)cc(Cl)c3)(C(F)(F)F)C2)=CCC1C(=O)OC(C)(C)C. The van der Waals surface area contributed by atoms with Crippen molar-refractivity contribution in [3.05, 3.63) is 57.1 Å². The van der Waals surface area contributed by atoms with E-state index in [0.717, 1.165) is 0 Å². The Morgan fingerprint density at radius 3 is 2.32 bits per heavy atom. The number of halogens is 5. The first-order valence-electron chi connectivity index (χ1n) is 9.62. The molecule has 0 amide bonds. The highest BCUT2D eigenvalue weighted by molar-refractivity contribution is 6.34. The lowest BCUT2D eigenvalue weighted by Crippen LogP contribution is -2.42. The Balaban J connectivity index is 1.86. The Labute approximate surface area is 188 Å². The summed E-state index contributed by atoms with van der Waals surface area (Å²) in [4.78, 5) is 17.4. The Kier molecular flexibility index (Phi) is 6.24. The third-order valence-corrected chi connectivity index (χ3v) is 5.48. The van der Waals surface area contributed by atoms with E-state index in [-0.39, 0.29) is 27.3 Å². The van der Waals surface area contributed by atoms with Gasteiger partial charge in [0.1, 0.15) is 5.60 Å². The molecule has 0 bridgehead atoms. The van der Waals surface area contributed by atoms with Crippen molar-refractivity contribution >= 4 is 34.9 Å². The van der Waals surface area contributed by atoms with Crippen molar-refractivity contribution in [1.82, 2.24) is 0 Å². The highest BCUT2D eigenvalue weighted by Crippen LogP contribution is 2.50. The fraction of sp³-hybridized carbons (Fsp3) is 0.455. The van der Waals surface area contributed by atoms with Crippen LogP contribution in [0.5, 0.6) is 0 Å². The maximum atomic E-state index is 14.1. The van der Waals surface area contributed by atoms with Gasteiger partial charge in [0.25, 0.3) is 5.60 Å². The second-order valence-corrected chi connectivity index (χ2v) is 9.53. The highest BCUT2D eigenvalue weighted by atomic mass is 35.5. The van der Waals surface area contributed by atoms with Gasteiger partial charge in [-0.1, -0.05) is 46.1 Å². The molecule has 0 aromatic heterocycles. The summed E-state index contributed by atoms with van der Waals surface area (Å²) in [6.45, 7) is 7.07. The zero-order valence-electron chi connectivity index (χ0n) is 17.4. The fourth-order valence-corrected chi connectivity index (χ4v) is 4.06. The van der Waals surface area contributed by atoms with Crippen LogP contribution in [-0.4, -0.2) is 23.5 Å². The zero-order chi connectivity index (χ0) is 23.2. The number of rotatable bonds is 3. The predicted molar refractivity (Wildman–Crippen MR) is 113 cm³/mol. The Morgan fingerprint density at radius 2 is 1.81 bits per heavy atom. The van der Waals surface area contributed by atoms with Crippen molar-refractivity contribution in [2.24, 2.45) is 11.1 Å². The number of hydrogen-bond acceptors (Lipinski definition) is 4. The molecule has 2 unspecified atom stereocenters. The van der Waals surface area contributed by atoms with E-state index in [1.165, 1.54) is 18.2 Å². The number of carbonyl (C=O) groups is 1. The van der Waals surface area contributed by atoms with Gasteiger partial charge in [0, 0.05) is 22.0 Å². The summed E-state index contributed by atoms with van der Waals surface area (Å²) in [7, 11) is 0. The maximum Gasteiger partial charge on any atom is 0.435 e. The van der Waals surface area contributed by atoms with Crippen molar-refractivity contribution < 1.29 is 27.5 Å². The van der Waals surface area contributed by atoms with Crippen LogP contribution in [0.15, 0.2) is 46.7 Å². The van der Waals surface area contributed by atoms with Gasteiger partial charge in [0.15, 0.2) is 0 Å². The van der Waals surface area contributed by atoms with Crippen LogP contribution in [0.25, 0.3) is 0 Å². The van der Waals surface area contributed by atoms with Crippen molar-refractivity contribution in [2.75, 3.05) is 0 Å². The first-order valence-corrected chi connectivity index (χ1v) is 10.4. The molecule has 2 aliphatic rings. The van der Waals surface area contributed by atoms with E-state index in [0.29, 0.717) is 17.6 Å². The predicted octanol–water partition coefficient (Wildman–Crippen LogP) is 6.76. The minimum Gasteiger partial charge on any atom is -0.459 e. The van der Waals surface area contributed by atoms with Crippen molar-refractivity contribution in [1.29, 1.82) is 0 Å². The van der Waals surface area contributed by atoms with E-state index in [4.69, 9.17) is 32.8 Å². The van der Waals surface area contributed by atoms with Crippen LogP contribution in [0, 0.1) is 5.92 Å². The number of hydrogen-bond donors (Lipinski definition) is 0. The van der Waals surface area contributed by atoms with E-state index in [1.807, 2.05) is 0 Å². The van der Waals surface area contributed by atoms with E-state index in [2.05, 4.69) is 5.16 Å². The summed E-state index contributed by atoms with van der Waals surface area (Å²) >= 11 is 11.9. The Hall–Kier alpha value is -1.99. The molecule has 0 spiro atoms. The normalized spacial score (nSPS) is 24.2. The summed E-state index contributed by atoms with van der Waals surface area (Å²) in [6.07, 6.45) is -1.67. The molecule has 1 heterocycles. The Morgan fingerprint density at radius 1 is 1.19 bits per heavy atom. The summed E-state index contributed by atoms with van der Waals surface area (Å²) in [5.41, 5.74) is -2.24. The smallest absolute Gasteiger partial charge is 0.435 e. The molecule has 0 radical (unpaired) electrons. The van der Waals surface area contributed by atoms with Crippen molar-refractivity contribution in [2.45, 2.75) is 57.9 Å². The van der Waals surface area contributed by atoms with Gasteiger partial charge in [0.05, 0.1) is 11.6 Å². The molecular formula is C22H22Cl2F3NO3. The molecular weight excluding hydrogens is 454 g/mol. The maximum absolute atomic E-state index is 14.1. The molecule has 1 aromatic carbocycles. The third-order valence-electron chi connectivity index (χ3n) is 5.05. The van der Waals surface area contributed by atoms with Crippen molar-refractivity contribution in [3.8, 4) is 0 Å². The van der Waals surface area contributed by atoms with Gasteiger partial charge in [-0.2, -0.15) is 13.2 Å². The molecule has 0 saturated heterocycles. The number of nitrogens with zero attached hydrogens (tertiary/aromatic N) is 1. The topological polar surface area (TPSA) is 47.9 Å². The van der Waals surface area contributed by atoms with Gasteiger partial charge in [-0.05, 0) is 57.9 Å². The minimum atomic E-state index is -4.76. The number of alkyl halides is 3. The van der Waals surface area contributed by atoms with Crippen LogP contribution in [0.3, 0.4) is 0 Å². The average molecular weight is 476 g/mol. The van der Waals surface area contributed by atoms with E-state index in [9.17, 15) is 18.0 Å². The standard InChI is InChI=1S/C22H22Cl2F3NO3/c1-12-7-13(5-6-17(12)19(29)30-20(2,3)4)18-11-21(31-28-18,22(25,26)27)14-8-15(23)10-16(24)9-14/h5,7-10,17H,6,11H2,1-4H3. The fourth-order valence-electron chi connectivity index (χ4n) is 3.54. The zero-order valence-corrected chi connectivity index (χ0v) is 19.0. The van der Waals surface area contributed by atoms with Gasteiger partial charge < -0.3 is 9.57 Å². The second kappa shape index (κ2) is 8.17. The lowest BCUT2D eigenvalue weighted by molar-refractivity contribution is -0.275. The summed E-state index contributed by atoms with van der Waals surface area (Å²) in [5.74, 6) is -0.871. The lowest BCUT2D eigenvalue weighted by atomic mass is 9.83. The number of esters is 1. The van der Waals surface area contributed by atoms with Crippen LogP contribution in [0.2, 0.25) is 10.0 Å². The molecule has 9 heteroatoms. The first kappa shape index (κ1) is 23.7. The molecule has 1 aliphatic heterocycles. The van der Waals surface area contributed by atoms with E-state index in [1.54, 1.807) is 39.8 Å². The molecule has 1 aromatic rings.